The van der Waals surface area contributed by atoms with Crippen LogP contribution < -0.4 is 20.5 Å². The summed E-state index contributed by atoms with van der Waals surface area (Å²) in [5, 5.41) is 9.15. The van der Waals surface area contributed by atoms with Crippen molar-refractivity contribution in [3.8, 4) is 11.8 Å². The Morgan fingerprint density at radius 3 is 2.52 bits per heavy atom. The Labute approximate surface area is 134 Å². The van der Waals surface area contributed by atoms with Crippen molar-refractivity contribution in [1.82, 2.24) is 4.57 Å². The zero-order valence-corrected chi connectivity index (χ0v) is 12.8. The largest absolute Gasteiger partial charge is 0.466 e. The quantitative estimate of drug-likeness (QED) is 0.726. The number of nitriles is 1. The molecular formula is C15H11N3O4S. The number of carbonyl (C=O) groups is 2. The van der Waals surface area contributed by atoms with Gasteiger partial charge in [0.25, 0.3) is 11.5 Å². The van der Waals surface area contributed by atoms with E-state index in [2.05, 4.69) is 4.74 Å². The van der Waals surface area contributed by atoms with E-state index in [1.807, 2.05) is 0 Å². The van der Waals surface area contributed by atoms with Gasteiger partial charge < -0.3 is 10.5 Å². The highest BCUT2D eigenvalue weighted by atomic mass is 32.1. The number of thiazole rings is 1. The first-order valence-electron chi connectivity index (χ1n) is 6.30. The number of ether oxygens (including phenoxy) is 1. The van der Waals surface area contributed by atoms with Crippen molar-refractivity contribution in [3.63, 3.8) is 0 Å². The lowest BCUT2D eigenvalue weighted by Gasteiger charge is -2.01. The van der Waals surface area contributed by atoms with E-state index in [-0.39, 0.29) is 14.8 Å². The van der Waals surface area contributed by atoms with Gasteiger partial charge in [-0.1, -0.05) is 18.2 Å². The second-order valence-electron chi connectivity index (χ2n) is 4.27. The third-order valence-corrected chi connectivity index (χ3v) is 3.95. The van der Waals surface area contributed by atoms with Crippen LogP contribution in [-0.4, -0.2) is 23.6 Å². The Morgan fingerprint density at radius 2 is 2.00 bits per heavy atom. The molecule has 2 N–H and O–H groups in total. The Kier molecular flexibility index (Phi) is 4.73. The molecule has 2 aromatic rings. The summed E-state index contributed by atoms with van der Waals surface area (Å²) in [5.41, 5.74) is 4.74. The van der Waals surface area contributed by atoms with Crippen molar-refractivity contribution in [2.45, 2.75) is 0 Å². The normalized spacial score (nSPS) is 12.4. The third-order valence-electron chi connectivity index (χ3n) is 2.86. The maximum absolute atomic E-state index is 12.5. The lowest BCUT2D eigenvalue weighted by molar-refractivity contribution is -0.133. The minimum Gasteiger partial charge on any atom is -0.466 e. The summed E-state index contributed by atoms with van der Waals surface area (Å²) in [5.74, 6) is -1.67. The second kappa shape index (κ2) is 6.72. The molecule has 0 fully saturated rings. The van der Waals surface area contributed by atoms with Crippen LogP contribution in [0.25, 0.3) is 17.3 Å². The molecule has 0 radical (unpaired) electrons. The molecule has 1 heterocycles. The number of methoxy groups -OCH3 is 1. The van der Waals surface area contributed by atoms with Gasteiger partial charge in [-0.05, 0) is 12.1 Å². The summed E-state index contributed by atoms with van der Waals surface area (Å²) in [7, 11) is 1.18. The highest BCUT2D eigenvalue weighted by molar-refractivity contribution is 7.07. The van der Waals surface area contributed by atoms with Crippen LogP contribution in [0.15, 0.2) is 35.1 Å². The van der Waals surface area contributed by atoms with Crippen LogP contribution in [0, 0.1) is 11.3 Å². The lowest BCUT2D eigenvalue weighted by atomic mass is 10.3. The van der Waals surface area contributed by atoms with Gasteiger partial charge in [0.05, 0.1) is 12.8 Å². The van der Waals surface area contributed by atoms with Crippen LogP contribution in [0.3, 0.4) is 0 Å². The van der Waals surface area contributed by atoms with Gasteiger partial charge >= 0.3 is 5.97 Å². The molecule has 1 amide bonds. The predicted octanol–water partition coefficient (Wildman–Crippen LogP) is -0.988. The van der Waals surface area contributed by atoms with E-state index in [1.165, 1.54) is 11.7 Å². The summed E-state index contributed by atoms with van der Waals surface area (Å²) < 4.78 is 5.76. The molecule has 1 aromatic heterocycles. The molecule has 116 valence electrons. The number of hydrogen-bond donors (Lipinski definition) is 1. The van der Waals surface area contributed by atoms with Crippen LogP contribution in [-0.2, 0) is 14.3 Å². The van der Waals surface area contributed by atoms with Crippen LogP contribution in [0.5, 0.6) is 0 Å². The Morgan fingerprint density at radius 1 is 1.35 bits per heavy atom. The van der Waals surface area contributed by atoms with Gasteiger partial charge in [0.1, 0.15) is 15.3 Å². The molecule has 7 nitrogen and oxygen atoms in total. The highest BCUT2D eigenvalue weighted by Crippen LogP contribution is 2.02. The molecule has 0 aliphatic heterocycles. The van der Waals surface area contributed by atoms with Gasteiger partial charge in [-0.2, -0.15) is 5.26 Å². The third kappa shape index (κ3) is 3.20. The minimum atomic E-state index is -0.956. The monoisotopic (exact) mass is 329 g/mol. The number of nitrogens with zero attached hydrogens (tertiary/aromatic N) is 2. The highest BCUT2D eigenvalue weighted by Gasteiger charge is 2.15. The average Bonchev–Trinajstić information content (AvgIpc) is 2.85. The van der Waals surface area contributed by atoms with E-state index in [4.69, 9.17) is 11.0 Å². The number of benzene rings is 1. The van der Waals surface area contributed by atoms with Gasteiger partial charge in [0.2, 0.25) is 0 Å². The average molecular weight is 329 g/mol. The number of carbonyl (C=O) groups excluding carboxylic acids is 2. The molecular weight excluding hydrogens is 318 g/mol. The molecule has 0 saturated heterocycles. The number of nitrogens with two attached hydrogens (primary N) is 1. The van der Waals surface area contributed by atoms with Crippen LogP contribution in [0.1, 0.15) is 0 Å². The molecule has 1 aromatic carbocycles. The van der Waals surface area contributed by atoms with E-state index < -0.39 is 17.4 Å². The number of primary amides is 1. The second-order valence-corrected chi connectivity index (χ2v) is 5.30. The molecule has 0 aliphatic rings. The van der Waals surface area contributed by atoms with Crippen molar-refractivity contribution < 1.29 is 14.3 Å². The first-order valence-corrected chi connectivity index (χ1v) is 7.12. The van der Waals surface area contributed by atoms with Crippen LogP contribution in [0.2, 0.25) is 0 Å². The van der Waals surface area contributed by atoms with Crippen LogP contribution >= 0.6 is 11.3 Å². The van der Waals surface area contributed by atoms with Crippen LogP contribution in [0.4, 0.5) is 0 Å². The maximum atomic E-state index is 12.5. The minimum absolute atomic E-state index is 0.0321. The van der Waals surface area contributed by atoms with E-state index in [1.54, 1.807) is 36.4 Å². The summed E-state index contributed by atoms with van der Waals surface area (Å²) in [6.45, 7) is 0. The number of para-hydroxylation sites is 1. The molecule has 0 saturated carbocycles. The predicted molar refractivity (Wildman–Crippen MR) is 83.9 cm³/mol. The Bertz CT molecular complexity index is 980. The van der Waals surface area contributed by atoms with E-state index >= 15 is 0 Å². The van der Waals surface area contributed by atoms with Crippen molar-refractivity contribution >= 4 is 34.9 Å². The van der Waals surface area contributed by atoms with E-state index in [0.717, 1.165) is 17.4 Å². The lowest BCUT2D eigenvalue weighted by Crippen LogP contribution is -2.32. The van der Waals surface area contributed by atoms with Gasteiger partial charge in [-0.25, -0.2) is 4.79 Å². The van der Waals surface area contributed by atoms with Gasteiger partial charge in [-0.3, -0.25) is 14.2 Å². The molecule has 0 atom stereocenters. The van der Waals surface area contributed by atoms with Crippen molar-refractivity contribution in [2.24, 2.45) is 5.73 Å². The summed E-state index contributed by atoms with van der Waals surface area (Å²) in [6, 6.07) is 10.1. The van der Waals surface area contributed by atoms with Crippen molar-refractivity contribution in [2.75, 3.05) is 7.11 Å². The summed E-state index contributed by atoms with van der Waals surface area (Å²) in [6.07, 6.45) is 1.01. The maximum Gasteiger partial charge on any atom is 0.332 e. The van der Waals surface area contributed by atoms with Crippen molar-refractivity contribution in [3.05, 3.63) is 49.9 Å². The topological polar surface area (TPSA) is 115 Å². The molecule has 2 rings (SSSR count). The number of rotatable bonds is 3. The fourth-order valence-electron chi connectivity index (χ4n) is 1.84. The standard InChI is InChI=1S/C15H11N3O4S/c1-22-12(19)7-11-14(21)18(9-5-3-2-4-6-9)15(23-11)10(8-16)13(17)20/h2-7H,1H3,(H2,17,20)/b11-7+,15-10+. The molecule has 0 aliphatic carbocycles. The van der Waals surface area contributed by atoms with Gasteiger partial charge in [0, 0.05) is 6.08 Å². The fourth-order valence-corrected chi connectivity index (χ4v) is 2.91. The Balaban J connectivity index is 2.99. The van der Waals surface area contributed by atoms with Gasteiger partial charge in [-0.15, -0.1) is 11.3 Å². The summed E-state index contributed by atoms with van der Waals surface area (Å²) >= 11 is 0.819. The molecule has 23 heavy (non-hydrogen) atoms. The molecule has 0 spiro atoms. The fraction of sp³-hybridized carbons (Fsp3) is 0.0667. The molecule has 0 unspecified atom stereocenters. The number of hydrogen-bond acceptors (Lipinski definition) is 6. The first kappa shape index (κ1) is 16.2. The number of aromatic nitrogens is 1. The van der Waals surface area contributed by atoms with Gasteiger partial charge in [0.15, 0.2) is 5.57 Å². The number of amides is 1. The Hall–Kier alpha value is -3.18. The zero-order valence-electron chi connectivity index (χ0n) is 12.0. The number of esters is 1. The first-order chi connectivity index (χ1) is 11.0. The SMILES string of the molecule is COC(=O)/C=c1/s/c(=C(\C#N)C(N)=O)n(-c2ccccc2)c1=O. The smallest absolute Gasteiger partial charge is 0.332 e. The van der Waals surface area contributed by atoms with E-state index in [0.29, 0.717) is 5.69 Å². The zero-order chi connectivity index (χ0) is 17.0. The van der Waals surface area contributed by atoms with Crippen molar-refractivity contribution in [1.29, 1.82) is 5.26 Å². The molecule has 0 bridgehead atoms. The summed E-state index contributed by atoms with van der Waals surface area (Å²) in [4.78, 5) is 35.4. The van der Waals surface area contributed by atoms with E-state index in [9.17, 15) is 14.4 Å². The molecule has 8 heteroatoms.